The van der Waals surface area contributed by atoms with Gasteiger partial charge in [-0.1, -0.05) is 24.3 Å². The first kappa shape index (κ1) is 26.6. The van der Waals surface area contributed by atoms with E-state index in [0.29, 0.717) is 35.0 Å². The van der Waals surface area contributed by atoms with E-state index in [-0.39, 0.29) is 23.2 Å². The molecule has 194 valence electrons. The number of carbonyl (C=O) groups excluding carboxylic acids is 3. The number of nitrogens with zero attached hydrogens (tertiary/aromatic N) is 1. The van der Waals surface area contributed by atoms with Crippen molar-refractivity contribution >= 4 is 52.5 Å². The van der Waals surface area contributed by atoms with Crippen LogP contribution < -0.4 is 25.0 Å². The maximum absolute atomic E-state index is 13.3. The van der Waals surface area contributed by atoms with Gasteiger partial charge in [0, 0.05) is 11.8 Å². The van der Waals surface area contributed by atoms with E-state index >= 15 is 0 Å². The molecule has 0 spiro atoms. The van der Waals surface area contributed by atoms with E-state index in [0.717, 1.165) is 11.1 Å². The highest BCUT2D eigenvalue weighted by atomic mass is 32.1. The average molecular weight is 530 g/mol. The van der Waals surface area contributed by atoms with Gasteiger partial charge in [-0.3, -0.25) is 24.6 Å². The molecule has 0 bridgehead atoms. The third kappa shape index (κ3) is 6.24. The van der Waals surface area contributed by atoms with Crippen molar-refractivity contribution in [3.05, 3.63) is 89.0 Å². The van der Waals surface area contributed by atoms with Gasteiger partial charge in [-0.15, -0.1) is 0 Å². The number of amides is 3. The zero-order valence-corrected chi connectivity index (χ0v) is 22.1. The van der Waals surface area contributed by atoms with Gasteiger partial charge >= 0.3 is 0 Å². The Morgan fingerprint density at radius 3 is 2.45 bits per heavy atom. The van der Waals surface area contributed by atoms with Crippen LogP contribution in [0.1, 0.15) is 23.6 Å². The fourth-order valence-electron chi connectivity index (χ4n) is 3.80. The van der Waals surface area contributed by atoms with Crippen molar-refractivity contribution in [2.75, 3.05) is 23.4 Å². The molecule has 0 aromatic heterocycles. The molecule has 2 N–H and O–H groups in total. The Morgan fingerprint density at radius 1 is 0.974 bits per heavy atom. The lowest BCUT2D eigenvalue weighted by Gasteiger charge is -2.29. The van der Waals surface area contributed by atoms with E-state index < -0.39 is 11.8 Å². The van der Waals surface area contributed by atoms with Crippen LogP contribution in [0.15, 0.2) is 72.3 Å². The summed E-state index contributed by atoms with van der Waals surface area (Å²) in [6, 6.07) is 19.3. The van der Waals surface area contributed by atoms with Crippen LogP contribution >= 0.6 is 12.2 Å². The quantitative estimate of drug-likeness (QED) is 0.253. The highest BCUT2D eigenvalue weighted by Crippen LogP contribution is 2.26. The lowest BCUT2D eigenvalue weighted by atomic mass is 10.1. The van der Waals surface area contributed by atoms with E-state index in [1.54, 1.807) is 48.5 Å². The first-order valence-electron chi connectivity index (χ1n) is 12.0. The SMILES string of the molecule is CCOc1cccc(N2C(=O)/C(=C/c3cccc(OCC(=O)Nc4ccc(C)c(C)c4)c3)C(=O)NC2=S)c1. The van der Waals surface area contributed by atoms with Gasteiger partial charge in [0.15, 0.2) is 11.7 Å². The Kier molecular flexibility index (Phi) is 8.18. The molecule has 1 heterocycles. The minimum absolute atomic E-state index is 0.0161. The summed E-state index contributed by atoms with van der Waals surface area (Å²) in [6.45, 7) is 6.10. The van der Waals surface area contributed by atoms with Crippen LogP contribution in [0.5, 0.6) is 11.5 Å². The molecule has 8 nitrogen and oxygen atoms in total. The van der Waals surface area contributed by atoms with Crippen molar-refractivity contribution in [2.45, 2.75) is 20.8 Å². The van der Waals surface area contributed by atoms with Crippen LogP contribution in [-0.2, 0) is 14.4 Å². The van der Waals surface area contributed by atoms with E-state index in [1.807, 2.05) is 39.0 Å². The minimum Gasteiger partial charge on any atom is -0.494 e. The standard InChI is InChI=1S/C29H27N3O5S/c1-4-36-24-10-6-8-22(16-24)32-28(35)25(27(34)31-29(32)38)15-20-7-5-9-23(14-20)37-17-26(33)30-21-12-11-18(2)19(3)13-21/h5-16H,4,17H2,1-3H3,(H,30,33)(H,31,34,38)/b25-15+. The molecule has 0 aliphatic carbocycles. The van der Waals surface area contributed by atoms with Crippen molar-refractivity contribution in [1.29, 1.82) is 0 Å². The number of benzene rings is 3. The van der Waals surface area contributed by atoms with Gasteiger partial charge in [0.25, 0.3) is 17.7 Å². The number of aryl methyl sites for hydroxylation is 2. The Morgan fingerprint density at radius 2 is 1.71 bits per heavy atom. The van der Waals surface area contributed by atoms with Crippen LogP contribution in [0.2, 0.25) is 0 Å². The summed E-state index contributed by atoms with van der Waals surface area (Å²) in [6.07, 6.45) is 1.46. The topological polar surface area (TPSA) is 97.0 Å². The molecule has 1 aliphatic rings. The molecule has 38 heavy (non-hydrogen) atoms. The summed E-state index contributed by atoms with van der Waals surface area (Å²) in [5.41, 5.74) is 3.84. The fraction of sp³-hybridized carbons (Fsp3) is 0.172. The maximum Gasteiger partial charge on any atom is 0.270 e. The van der Waals surface area contributed by atoms with Crippen LogP contribution in [0.25, 0.3) is 6.08 Å². The van der Waals surface area contributed by atoms with Crippen molar-refractivity contribution < 1.29 is 23.9 Å². The monoisotopic (exact) mass is 529 g/mol. The summed E-state index contributed by atoms with van der Waals surface area (Å²) in [4.78, 5) is 39.6. The van der Waals surface area contributed by atoms with Gasteiger partial charge in [-0.25, -0.2) is 0 Å². The summed E-state index contributed by atoms with van der Waals surface area (Å²) in [7, 11) is 0. The first-order valence-corrected chi connectivity index (χ1v) is 12.4. The second-order valence-corrected chi connectivity index (χ2v) is 8.98. The second-order valence-electron chi connectivity index (χ2n) is 8.60. The van der Waals surface area contributed by atoms with Crippen LogP contribution in [0, 0.1) is 13.8 Å². The van der Waals surface area contributed by atoms with Crippen molar-refractivity contribution in [2.24, 2.45) is 0 Å². The van der Waals surface area contributed by atoms with Crippen LogP contribution in [-0.4, -0.2) is 36.0 Å². The minimum atomic E-state index is -0.601. The maximum atomic E-state index is 13.3. The molecule has 0 atom stereocenters. The van der Waals surface area contributed by atoms with Crippen LogP contribution in [0.4, 0.5) is 11.4 Å². The fourth-order valence-corrected chi connectivity index (χ4v) is 4.08. The smallest absolute Gasteiger partial charge is 0.270 e. The Labute approximate surface area is 226 Å². The molecule has 1 aliphatic heterocycles. The predicted octanol–water partition coefficient (Wildman–Crippen LogP) is 4.55. The van der Waals surface area contributed by atoms with E-state index in [4.69, 9.17) is 21.7 Å². The highest BCUT2D eigenvalue weighted by Gasteiger charge is 2.34. The summed E-state index contributed by atoms with van der Waals surface area (Å²) in [5, 5.41) is 5.36. The number of carbonyl (C=O) groups is 3. The second kappa shape index (κ2) is 11.7. The molecule has 1 saturated heterocycles. The number of hydrogen-bond acceptors (Lipinski definition) is 6. The third-order valence-electron chi connectivity index (χ3n) is 5.82. The third-order valence-corrected chi connectivity index (χ3v) is 6.10. The van der Waals surface area contributed by atoms with Crippen molar-refractivity contribution in [3.63, 3.8) is 0 Å². The molecule has 0 unspecified atom stereocenters. The number of nitrogens with one attached hydrogen (secondary N) is 2. The normalized spacial score (nSPS) is 14.3. The lowest BCUT2D eigenvalue weighted by molar-refractivity contribution is -0.122. The lowest BCUT2D eigenvalue weighted by Crippen LogP contribution is -2.54. The predicted molar refractivity (Wildman–Crippen MR) is 150 cm³/mol. The number of anilines is 2. The van der Waals surface area contributed by atoms with E-state index in [9.17, 15) is 14.4 Å². The summed E-state index contributed by atoms with van der Waals surface area (Å²) >= 11 is 5.28. The summed E-state index contributed by atoms with van der Waals surface area (Å²) < 4.78 is 11.2. The summed E-state index contributed by atoms with van der Waals surface area (Å²) in [5.74, 6) is -0.482. The van der Waals surface area contributed by atoms with Gasteiger partial charge in [0.1, 0.15) is 17.1 Å². The molecule has 4 rings (SSSR count). The molecule has 0 radical (unpaired) electrons. The highest BCUT2D eigenvalue weighted by molar-refractivity contribution is 7.80. The first-order chi connectivity index (χ1) is 18.2. The largest absolute Gasteiger partial charge is 0.494 e. The van der Waals surface area contributed by atoms with Gasteiger partial charge in [-0.2, -0.15) is 0 Å². The molecule has 3 aromatic rings. The van der Waals surface area contributed by atoms with Crippen molar-refractivity contribution in [1.82, 2.24) is 5.32 Å². The molecule has 3 amide bonds. The van der Waals surface area contributed by atoms with Gasteiger partial charge in [-0.05, 0) is 92.2 Å². The molecule has 9 heteroatoms. The molecule has 0 saturated carbocycles. The molecular weight excluding hydrogens is 502 g/mol. The van der Waals surface area contributed by atoms with Crippen molar-refractivity contribution in [3.8, 4) is 11.5 Å². The molecule has 3 aromatic carbocycles. The van der Waals surface area contributed by atoms with Gasteiger partial charge in [0.05, 0.1) is 12.3 Å². The Balaban J connectivity index is 1.48. The molecular formula is C29H27N3O5S. The number of thiocarbonyl (C=S) groups is 1. The zero-order chi connectivity index (χ0) is 27.2. The van der Waals surface area contributed by atoms with E-state index in [1.165, 1.54) is 11.0 Å². The average Bonchev–Trinajstić information content (AvgIpc) is 2.88. The zero-order valence-electron chi connectivity index (χ0n) is 21.2. The van der Waals surface area contributed by atoms with Crippen LogP contribution in [0.3, 0.4) is 0 Å². The van der Waals surface area contributed by atoms with Gasteiger partial charge in [0.2, 0.25) is 0 Å². The Hall–Kier alpha value is -4.50. The van der Waals surface area contributed by atoms with E-state index in [2.05, 4.69) is 10.6 Å². The number of hydrogen-bond donors (Lipinski definition) is 2. The van der Waals surface area contributed by atoms with Gasteiger partial charge < -0.3 is 14.8 Å². The number of rotatable bonds is 8. The number of ether oxygens (including phenoxy) is 2. The Bertz CT molecular complexity index is 1450. The molecule has 1 fully saturated rings.